The van der Waals surface area contributed by atoms with Gasteiger partial charge in [-0.05, 0) is 6.07 Å². The normalized spacial score (nSPS) is 25.3. The zero-order valence-electron chi connectivity index (χ0n) is 8.91. The Hall–Kier alpha value is -1.50. The highest BCUT2D eigenvalue weighted by atomic mass is 19.4. The number of nitrogen functional groups attached to an aromatic ring is 1. The molecule has 1 aromatic heterocycles. The monoisotopic (exact) mass is 247 g/mol. The lowest BCUT2D eigenvalue weighted by Crippen LogP contribution is -2.47. The van der Waals surface area contributed by atoms with Gasteiger partial charge in [-0.25, -0.2) is 0 Å². The molecule has 94 valence electrons. The van der Waals surface area contributed by atoms with E-state index >= 15 is 0 Å². The molecule has 4 nitrogen and oxygen atoms in total. The predicted octanol–water partition coefficient (Wildman–Crippen LogP) is 1.17. The van der Waals surface area contributed by atoms with Crippen LogP contribution >= 0.6 is 0 Å². The van der Waals surface area contributed by atoms with Crippen molar-refractivity contribution in [3.63, 3.8) is 0 Å². The topological polar surface area (TPSA) is 62.4 Å². The van der Waals surface area contributed by atoms with E-state index in [4.69, 9.17) is 5.73 Å². The van der Waals surface area contributed by atoms with Crippen LogP contribution in [0.25, 0.3) is 0 Å². The number of aliphatic hydroxyl groups is 1. The lowest BCUT2D eigenvalue weighted by atomic mass is 10.0. The molecular formula is C10H12F3N3O. The van der Waals surface area contributed by atoms with Gasteiger partial charge < -0.3 is 15.7 Å². The van der Waals surface area contributed by atoms with Crippen LogP contribution in [-0.2, 0) is 0 Å². The molecule has 2 rings (SSSR count). The van der Waals surface area contributed by atoms with Crippen molar-refractivity contribution in [2.24, 2.45) is 0 Å². The number of anilines is 2. The van der Waals surface area contributed by atoms with Crippen LogP contribution in [0.5, 0.6) is 0 Å². The third-order valence-electron chi connectivity index (χ3n) is 2.94. The number of aromatic nitrogens is 1. The second-order valence-electron chi connectivity index (χ2n) is 4.14. The molecule has 3 N–H and O–H groups in total. The maximum Gasteiger partial charge on any atom is 0.418 e. The van der Waals surface area contributed by atoms with E-state index in [1.165, 1.54) is 23.4 Å². The average molecular weight is 247 g/mol. The van der Waals surface area contributed by atoms with Gasteiger partial charge in [-0.3, -0.25) is 4.98 Å². The molecule has 2 heterocycles. The van der Waals surface area contributed by atoms with Crippen molar-refractivity contribution in [1.82, 2.24) is 4.98 Å². The Morgan fingerprint density at radius 3 is 2.71 bits per heavy atom. The third-order valence-corrected chi connectivity index (χ3v) is 2.94. The summed E-state index contributed by atoms with van der Waals surface area (Å²) in [6.07, 6.45) is -2.14. The SMILES string of the molecule is Nc1cnccc1N1CCC(O)(C(F)(F)F)C1. The van der Waals surface area contributed by atoms with E-state index in [1.807, 2.05) is 0 Å². The van der Waals surface area contributed by atoms with Crippen LogP contribution in [0.4, 0.5) is 24.5 Å². The van der Waals surface area contributed by atoms with E-state index in [0.717, 1.165) is 0 Å². The number of halogens is 3. The van der Waals surface area contributed by atoms with Crippen LogP contribution in [0.1, 0.15) is 6.42 Å². The number of nitrogens with zero attached hydrogens (tertiary/aromatic N) is 2. The molecule has 1 fully saturated rings. The minimum atomic E-state index is -4.62. The van der Waals surface area contributed by atoms with Crippen molar-refractivity contribution in [2.75, 3.05) is 23.7 Å². The lowest BCUT2D eigenvalue weighted by Gasteiger charge is -2.27. The molecule has 0 aromatic carbocycles. The molecule has 0 saturated carbocycles. The Balaban J connectivity index is 2.22. The number of rotatable bonds is 1. The van der Waals surface area contributed by atoms with Gasteiger partial charge in [-0.15, -0.1) is 0 Å². The fraction of sp³-hybridized carbons (Fsp3) is 0.500. The van der Waals surface area contributed by atoms with E-state index in [-0.39, 0.29) is 13.0 Å². The van der Waals surface area contributed by atoms with Crippen LogP contribution in [0.15, 0.2) is 18.5 Å². The summed E-state index contributed by atoms with van der Waals surface area (Å²) in [5.74, 6) is 0. The van der Waals surface area contributed by atoms with Crippen LogP contribution in [-0.4, -0.2) is 35.0 Å². The standard InChI is InChI=1S/C10H12F3N3O/c11-10(12,13)9(17)2-4-16(6-9)8-1-3-15-5-7(8)14/h1,3,5,17H,2,4,6,14H2. The average Bonchev–Trinajstić information content (AvgIpc) is 2.62. The van der Waals surface area contributed by atoms with Gasteiger partial charge in [0.25, 0.3) is 0 Å². The summed E-state index contributed by atoms with van der Waals surface area (Å²) in [7, 11) is 0. The molecule has 1 unspecified atom stereocenters. The van der Waals surface area contributed by atoms with Crippen molar-refractivity contribution in [2.45, 2.75) is 18.2 Å². The van der Waals surface area contributed by atoms with Gasteiger partial charge in [0.15, 0.2) is 5.60 Å². The summed E-state index contributed by atoms with van der Waals surface area (Å²) < 4.78 is 37.8. The maximum absolute atomic E-state index is 12.6. The van der Waals surface area contributed by atoms with E-state index in [9.17, 15) is 18.3 Å². The van der Waals surface area contributed by atoms with E-state index in [2.05, 4.69) is 4.98 Å². The molecule has 1 aliphatic heterocycles. The second-order valence-corrected chi connectivity index (χ2v) is 4.14. The van der Waals surface area contributed by atoms with Gasteiger partial charge in [0.05, 0.1) is 24.1 Å². The molecular weight excluding hydrogens is 235 g/mol. The zero-order chi connectivity index (χ0) is 12.7. The van der Waals surface area contributed by atoms with Crippen LogP contribution < -0.4 is 10.6 Å². The highest BCUT2D eigenvalue weighted by molar-refractivity contribution is 5.66. The van der Waals surface area contributed by atoms with Crippen molar-refractivity contribution < 1.29 is 18.3 Å². The number of hydrogen-bond donors (Lipinski definition) is 2. The van der Waals surface area contributed by atoms with Gasteiger partial charge in [-0.1, -0.05) is 0 Å². The highest BCUT2D eigenvalue weighted by Crippen LogP contribution is 2.39. The first-order chi connectivity index (χ1) is 7.83. The molecule has 7 heteroatoms. The first-order valence-electron chi connectivity index (χ1n) is 5.07. The van der Waals surface area contributed by atoms with Gasteiger partial charge in [0, 0.05) is 19.2 Å². The van der Waals surface area contributed by atoms with E-state index in [0.29, 0.717) is 11.4 Å². The number of nitrogens with two attached hydrogens (primary N) is 1. The fourth-order valence-corrected chi connectivity index (χ4v) is 1.92. The lowest BCUT2D eigenvalue weighted by molar-refractivity contribution is -0.250. The summed E-state index contributed by atoms with van der Waals surface area (Å²) >= 11 is 0. The maximum atomic E-state index is 12.6. The fourth-order valence-electron chi connectivity index (χ4n) is 1.92. The quantitative estimate of drug-likeness (QED) is 0.782. The van der Waals surface area contributed by atoms with Crippen molar-refractivity contribution in [3.05, 3.63) is 18.5 Å². The Kier molecular flexibility index (Phi) is 2.65. The van der Waals surface area contributed by atoms with Crippen LogP contribution in [0.3, 0.4) is 0 Å². The van der Waals surface area contributed by atoms with Gasteiger partial charge in [0.1, 0.15) is 0 Å². The van der Waals surface area contributed by atoms with Crippen molar-refractivity contribution in [1.29, 1.82) is 0 Å². The van der Waals surface area contributed by atoms with Crippen molar-refractivity contribution in [3.8, 4) is 0 Å². The molecule has 17 heavy (non-hydrogen) atoms. The molecule has 1 aromatic rings. The second kappa shape index (κ2) is 3.76. The predicted molar refractivity (Wildman–Crippen MR) is 56.5 cm³/mol. The van der Waals surface area contributed by atoms with Crippen LogP contribution in [0.2, 0.25) is 0 Å². The van der Waals surface area contributed by atoms with Crippen molar-refractivity contribution >= 4 is 11.4 Å². The van der Waals surface area contributed by atoms with Crippen LogP contribution in [0, 0.1) is 0 Å². The molecule has 0 aliphatic carbocycles. The molecule has 0 bridgehead atoms. The molecule has 0 spiro atoms. The minimum Gasteiger partial charge on any atom is -0.396 e. The summed E-state index contributed by atoms with van der Waals surface area (Å²) in [6, 6.07) is 1.54. The minimum absolute atomic E-state index is 0.115. The van der Waals surface area contributed by atoms with E-state index in [1.54, 1.807) is 0 Å². The Morgan fingerprint density at radius 1 is 1.47 bits per heavy atom. The van der Waals surface area contributed by atoms with E-state index < -0.39 is 18.3 Å². The Labute approximate surface area is 95.9 Å². The van der Waals surface area contributed by atoms with Gasteiger partial charge in [0.2, 0.25) is 0 Å². The summed E-state index contributed by atoms with van der Waals surface area (Å²) in [5, 5.41) is 9.53. The van der Waals surface area contributed by atoms with Gasteiger partial charge >= 0.3 is 6.18 Å². The Bertz CT molecular complexity index is 424. The number of hydrogen-bond acceptors (Lipinski definition) is 4. The highest BCUT2D eigenvalue weighted by Gasteiger charge is 2.57. The first kappa shape index (κ1) is 12.0. The Morgan fingerprint density at radius 2 is 2.18 bits per heavy atom. The number of alkyl halides is 3. The number of β-amino-alcohol motifs (C(OH)–C–C–N with tert-alkyl or cyclic N) is 1. The van der Waals surface area contributed by atoms with Gasteiger partial charge in [-0.2, -0.15) is 13.2 Å². The molecule has 1 aliphatic rings. The first-order valence-corrected chi connectivity index (χ1v) is 5.07. The summed E-state index contributed by atoms with van der Waals surface area (Å²) in [5.41, 5.74) is 3.76. The molecule has 1 atom stereocenters. The molecule has 0 amide bonds. The zero-order valence-corrected chi connectivity index (χ0v) is 8.91. The molecule has 1 saturated heterocycles. The smallest absolute Gasteiger partial charge is 0.396 e. The number of pyridine rings is 1. The molecule has 0 radical (unpaired) electrons. The summed E-state index contributed by atoms with van der Waals surface area (Å²) in [4.78, 5) is 5.19. The largest absolute Gasteiger partial charge is 0.418 e. The summed E-state index contributed by atoms with van der Waals surface area (Å²) in [6.45, 7) is -0.380. The third kappa shape index (κ3) is 2.02.